The Balaban J connectivity index is 1.95. The zero-order valence-electron chi connectivity index (χ0n) is 14.3. The second-order valence-electron chi connectivity index (χ2n) is 7.12. The molecule has 0 unspecified atom stereocenters. The summed E-state index contributed by atoms with van der Waals surface area (Å²) in [5, 5.41) is 0. The van der Waals surface area contributed by atoms with E-state index in [9.17, 15) is 19.2 Å². The largest absolute Gasteiger partial charge is 0.370 e. The maximum absolute atomic E-state index is 12.6. The van der Waals surface area contributed by atoms with Crippen molar-refractivity contribution in [2.45, 2.75) is 45.6 Å². The summed E-state index contributed by atoms with van der Waals surface area (Å²) >= 11 is 0. The lowest BCUT2D eigenvalue weighted by Crippen LogP contribution is -2.69. The lowest BCUT2D eigenvalue weighted by Gasteiger charge is -2.54. The molecule has 0 aliphatic carbocycles. The van der Waals surface area contributed by atoms with Crippen LogP contribution in [0.3, 0.4) is 0 Å². The van der Waals surface area contributed by atoms with Gasteiger partial charge >= 0.3 is 0 Å². The van der Waals surface area contributed by atoms with Gasteiger partial charge in [-0.1, -0.05) is 13.8 Å². The predicted octanol–water partition coefficient (Wildman–Crippen LogP) is -0.787. The molecule has 8 nitrogen and oxygen atoms in total. The second-order valence-corrected chi connectivity index (χ2v) is 7.12. The Morgan fingerprint density at radius 2 is 1.75 bits per heavy atom. The first-order chi connectivity index (χ1) is 11.2. The van der Waals surface area contributed by atoms with E-state index in [1.165, 1.54) is 4.90 Å². The number of carbonyl (C=O) groups is 4. The van der Waals surface area contributed by atoms with Crippen LogP contribution in [0.15, 0.2) is 0 Å². The number of amides is 4. The number of primary amides is 2. The fourth-order valence-corrected chi connectivity index (χ4v) is 3.55. The first-order valence-corrected chi connectivity index (χ1v) is 8.35. The SMILES string of the molecule is CC(C)C(=O)N1CCC2(CC1)CN([C@@H](CCC(N)=O)C(N)=O)C2=O. The molecule has 2 aliphatic rings. The summed E-state index contributed by atoms with van der Waals surface area (Å²) in [5.74, 6) is -1.20. The highest BCUT2D eigenvalue weighted by Crippen LogP contribution is 2.43. The van der Waals surface area contributed by atoms with Crippen LogP contribution in [0.25, 0.3) is 0 Å². The maximum atomic E-state index is 12.6. The van der Waals surface area contributed by atoms with Crippen LogP contribution in [-0.2, 0) is 19.2 Å². The molecule has 0 saturated carbocycles. The van der Waals surface area contributed by atoms with Crippen molar-refractivity contribution in [2.24, 2.45) is 22.8 Å². The van der Waals surface area contributed by atoms with Gasteiger partial charge in [0.05, 0.1) is 5.41 Å². The van der Waals surface area contributed by atoms with E-state index in [0.29, 0.717) is 32.5 Å². The Hall–Kier alpha value is -2.12. The van der Waals surface area contributed by atoms with Gasteiger partial charge in [0.15, 0.2) is 0 Å². The fraction of sp³-hybridized carbons (Fsp3) is 0.750. The van der Waals surface area contributed by atoms with Gasteiger partial charge in [-0.05, 0) is 19.3 Å². The molecular weight excluding hydrogens is 312 g/mol. The van der Waals surface area contributed by atoms with Gasteiger partial charge in [0.2, 0.25) is 23.6 Å². The van der Waals surface area contributed by atoms with Crippen molar-refractivity contribution in [1.82, 2.24) is 9.80 Å². The fourth-order valence-electron chi connectivity index (χ4n) is 3.55. The van der Waals surface area contributed by atoms with E-state index in [0.717, 1.165) is 0 Å². The summed E-state index contributed by atoms with van der Waals surface area (Å²) in [6, 6.07) is -0.786. The molecule has 2 aliphatic heterocycles. The molecule has 8 heteroatoms. The van der Waals surface area contributed by atoms with Crippen LogP contribution < -0.4 is 11.5 Å². The third-order valence-electron chi connectivity index (χ3n) is 5.08. The molecule has 2 rings (SSSR count). The standard InChI is InChI=1S/C16H26N4O4/c1-10(2)14(23)19-7-5-16(6-8-19)9-20(15(16)24)11(13(18)22)3-4-12(17)21/h10-11H,3-9H2,1-2H3,(H2,17,21)(H2,18,22)/t11-/m0/s1. The van der Waals surface area contributed by atoms with Gasteiger partial charge in [-0.25, -0.2) is 0 Å². The predicted molar refractivity (Wildman–Crippen MR) is 86.2 cm³/mol. The number of rotatable bonds is 6. The number of nitrogens with zero attached hydrogens (tertiary/aromatic N) is 2. The second kappa shape index (κ2) is 6.78. The van der Waals surface area contributed by atoms with Gasteiger partial charge in [0.25, 0.3) is 0 Å². The molecule has 0 aromatic carbocycles. The summed E-state index contributed by atoms with van der Waals surface area (Å²) < 4.78 is 0. The molecule has 134 valence electrons. The molecule has 2 fully saturated rings. The smallest absolute Gasteiger partial charge is 0.240 e. The van der Waals surface area contributed by atoms with E-state index >= 15 is 0 Å². The minimum atomic E-state index is -0.786. The number of piperidine rings is 1. The molecule has 0 bridgehead atoms. The topological polar surface area (TPSA) is 127 Å². The van der Waals surface area contributed by atoms with Gasteiger partial charge < -0.3 is 21.3 Å². The third kappa shape index (κ3) is 3.37. The van der Waals surface area contributed by atoms with Crippen LogP contribution >= 0.6 is 0 Å². The average Bonchev–Trinajstić information content (AvgIpc) is 2.53. The Kier molecular flexibility index (Phi) is 5.15. The van der Waals surface area contributed by atoms with Gasteiger partial charge in [0, 0.05) is 32.0 Å². The monoisotopic (exact) mass is 338 g/mol. The summed E-state index contributed by atoms with van der Waals surface area (Å²) in [6.07, 6.45) is 1.37. The van der Waals surface area contributed by atoms with Crippen molar-refractivity contribution in [3.8, 4) is 0 Å². The maximum Gasteiger partial charge on any atom is 0.240 e. The number of likely N-dealkylation sites (tertiary alicyclic amines) is 2. The molecule has 4 N–H and O–H groups in total. The van der Waals surface area contributed by atoms with Gasteiger partial charge in [-0.2, -0.15) is 0 Å². The Morgan fingerprint density at radius 1 is 1.17 bits per heavy atom. The van der Waals surface area contributed by atoms with E-state index in [1.807, 2.05) is 13.8 Å². The number of nitrogens with two attached hydrogens (primary N) is 2. The molecule has 2 saturated heterocycles. The van der Waals surface area contributed by atoms with Gasteiger partial charge in [0.1, 0.15) is 6.04 Å². The zero-order valence-corrected chi connectivity index (χ0v) is 14.3. The van der Waals surface area contributed by atoms with Crippen LogP contribution in [0.1, 0.15) is 39.5 Å². The molecule has 0 aromatic rings. The van der Waals surface area contributed by atoms with E-state index in [1.54, 1.807) is 4.90 Å². The third-order valence-corrected chi connectivity index (χ3v) is 5.08. The first kappa shape index (κ1) is 18.2. The molecule has 24 heavy (non-hydrogen) atoms. The number of β-lactam (4-membered cyclic amide) rings is 1. The molecule has 4 amide bonds. The molecule has 0 radical (unpaired) electrons. The van der Waals surface area contributed by atoms with Crippen LogP contribution in [0.2, 0.25) is 0 Å². The van der Waals surface area contributed by atoms with E-state index in [2.05, 4.69) is 0 Å². The minimum Gasteiger partial charge on any atom is -0.370 e. The van der Waals surface area contributed by atoms with Gasteiger partial charge in [-0.3, -0.25) is 19.2 Å². The summed E-state index contributed by atoms with van der Waals surface area (Å²) in [6.45, 7) is 5.28. The van der Waals surface area contributed by atoms with Crippen molar-refractivity contribution in [3.63, 3.8) is 0 Å². The lowest BCUT2D eigenvalue weighted by atomic mass is 9.70. The van der Waals surface area contributed by atoms with E-state index in [-0.39, 0.29) is 30.6 Å². The highest BCUT2D eigenvalue weighted by atomic mass is 16.2. The average molecular weight is 338 g/mol. The van der Waals surface area contributed by atoms with Crippen molar-refractivity contribution >= 4 is 23.6 Å². The van der Waals surface area contributed by atoms with Crippen molar-refractivity contribution in [2.75, 3.05) is 19.6 Å². The Morgan fingerprint density at radius 3 is 2.17 bits per heavy atom. The van der Waals surface area contributed by atoms with Crippen molar-refractivity contribution < 1.29 is 19.2 Å². The zero-order chi connectivity index (χ0) is 18.1. The number of carbonyl (C=O) groups excluding carboxylic acids is 4. The van der Waals surface area contributed by atoms with Crippen molar-refractivity contribution in [3.05, 3.63) is 0 Å². The highest BCUT2D eigenvalue weighted by Gasteiger charge is 2.55. The minimum absolute atomic E-state index is 0.0149. The normalized spacial score (nSPS) is 20.9. The molecular formula is C16H26N4O4. The van der Waals surface area contributed by atoms with E-state index in [4.69, 9.17) is 11.5 Å². The molecule has 1 atom stereocenters. The molecule has 2 heterocycles. The Bertz CT molecular complexity index is 552. The molecule has 1 spiro atoms. The van der Waals surface area contributed by atoms with Crippen LogP contribution in [0.4, 0.5) is 0 Å². The number of hydrogen-bond donors (Lipinski definition) is 2. The molecule has 0 aromatic heterocycles. The number of hydrogen-bond acceptors (Lipinski definition) is 4. The first-order valence-electron chi connectivity index (χ1n) is 8.35. The van der Waals surface area contributed by atoms with Crippen molar-refractivity contribution in [1.29, 1.82) is 0 Å². The summed E-state index contributed by atoms with van der Waals surface area (Å²) in [7, 11) is 0. The summed E-state index contributed by atoms with van der Waals surface area (Å²) in [5.41, 5.74) is 9.99. The van der Waals surface area contributed by atoms with Crippen LogP contribution in [0, 0.1) is 11.3 Å². The van der Waals surface area contributed by atoms with E-state index < -0.39 is 23.3 Å². The summed E-state index contributed by atoms with van der Waals surface area (Å²) in [4.78, 5) is 50.4. The lowest BCUT2D eigenvalue weighted by molar-refractivity contribution is -0.173. The quantitative estimate of drug-likeness (QED) is 0.615. The van der Waals surface area contributed by atoms with Crippen LogP contribution in [0.5, 0.6) is 0 Å². The Labute approximate surface area is 141 Å². The van der Waals surface area contributed by atoms with Crippen LogP contribution in [-0.4, -0.2) is 59.1 Å². The highest BCUT2D eigenvalue weighted by molar-refractivity contribution is 5.94. The van der Waals surface area contributed by atoms with Gasteiger partial charge in [-0.15, -0.1) is 0 Å².